The number of nitrogens with two attached hydrogens (primary N) is 1. The van der Waals surface area contributed by atoms with Gasteiger partial charge in [0.25, 0.3) is 5.56 Å². The van der Waals surface area contributed by atoms with Gasteiger partial charge in [-0.05, 0) is 30.2 Å². The number of carbonyl (C=O) groups excluding carboxylic acids is 1. The van der Waals surface area contributed by atoms with Gasteiger partial charge >= 0.3 is 0 Å². The number of hydrogen-bond donors (Lipinski definition) is 1. The van der Waals surface area contributed by atoms with Crippen LogP contribution >= 0.6 is 11.3 Å². The van der Waals surface area contributed by atoms with E-state index >= 15 is 0 Å². The van der Waals surface area contributed by atoms with Crippen molar-refractivity contribution in [2.24, 2.45) is 0 Å². The molecule has 0 atom stereocenters. The number of sulfone groups is 1. The Labute approximate surface area is 164 Å². The predicted octanol–water partition coefficient (Wildman–Crippen LogP) is 1.14. The van der Waals surface area contributed by atoms with E-state index < -0.39 is 15.4 Å². The van der Waals surface area contributed by atoms with Crippen LogP contribution in [0.5, 0.6) is 0 Å². The van der Waals surface area contributed by atoms with Gasteiger partial charge in [-0.1, -0.05) is 17.4 Å². The van der Waals surface area contributed by atoms with Crippen LogP contribution in [0.4, 0.5) is 5.82 Å². The lowest BCUT2D eigenvalue weighted by Crippen LogP contribution is -2.17. The monoisotopic (exact) mass is 420 g/mol. The molecule has 1 aliphatic rings. The zero-order chi connectivity index (χ0) is 20.6. The number of ketones is 1. The van der Waals surface area contributed by atoms with Gasteiger partial charge in [0, 0.05) is 11.8 Å². The summed E-state index contributed by atoms with van der Waals surface area (Å²) in [7, 11) is -2.20. The number of anilines is 1. The molecule has 146 valence electrons. The number of Topliss-reactive ketones (excluding diaryl/α,β-unsaturated/α-hetero) is 1. The minimum absolute atomic E-state index is 0.0214. The highest BCUT2D eigenvalue weighted by molar-refractivity contribution is 7.92. The Morgan fingerprint density at radius 1 is 1.36 bits per heavy atom. The molecule has 0 saturated heterocycles. The van der Waals surface area contributed by atoms with Gasteiger partial charge in [-0.15, -0.1) is 11.7 Å². The number of methoxy groups -OCH3 is 1. The fraction of sp³-hybridized carbons (Fsp3) is 0.176. The van der Waals surface area contributed by atoms with E-state index in [9.17, 15) is 18.0 Å². The lowest BCUT2D eigenvalue weighted by Gasteiger charge is -2.14. The van der Waals surface area contributed by atoms with Gasteiger partial charge in [0.1, 0.15) is 5.82 Å². The van der Waals surface area contributed by atoms with Crippen molar-refractivity contribution in [2.75, 3.05) is 19.1 Å². The summed E-state index contributed by atoms with van der Waals surface area (Å²) in [6.07, 6.45) is 7.44. The molecule has 9 nitrogen and oxygen atoms in total. The molecule has 1 aliphatic carbocycles. The van der Waals surface area contributed by atoms with E-state index in [0.29, 0.717) is 17.6 Å². The summed E-state index contributed by atoms with van der Waals surface area (Å²) < 4.78 is 29.4. The summed E-state index contributed by atoms with van der Waals surface area (Å²) in [5.74, 6) is -0.210. The molecule has 0 bridgehead atoms. The molecule has 0 radical (unpaired) electrons. The van der Waals surface area contributed by atoms with Gasteiger partial charge < -0.3 is 10.5 Å². The number of fused-ring (bicyclic) bond motifs is 1. The molecule has 3 rings (SSSR count). The maximum atomic E-state index is 12.4. The fourth-order valence-corrected chi connectivity index (χ4v) is 4.23. The molecule has 2 aromatic heterocycles. The highest BCUT2D eigenvalue weighted by Gasteiger charge is 2.22. The van der Waals surface area contributed by atoms with Gasteiger partial charge in [0.05, 0.1) is 12.7 Å². The normalized spacial score (nSPS) is 16.2. The second kappa shape index (κ2) is 7.17. The van der Waals surface area contributed by atoms with Crippen LogP contribution in [0.25, 0.3) is 11.0 Å². The van der Waals surface area contributed by atoms with Crippen LogP contribution in [0.2, 0.25) is 0 Å². The van der Waals surface area contributed by atoms with E-state index in [4.69, 9.17) is 10.5 Å². The third kappa shape index (κ3) is 3.53. The number of hydrogen-bond acceptors (Lipinski definition) is 9. The van der Waals surface area contributed by atoms with Crippen LogP contribution in [0.3, 0.4) is 0 Å². The molecule has 0 aromatic carbocycles. The Morgan fingerprint density at radius 2 is 2.07 bits per heavy atom. The minimum Gasteiger partial charge on any atom is -0.493 e. The number of allylic oxidation sites excluding steroid dienone is 5. The number of ether oxygens (including phenoxy) is 1. The Hall–Kier alpha value is -3.05. The van der Waals surface area contributed by atoms with Crippen molar-refractivity contribution >= 4 is 43.8 Å². The van der Waals surface area contributed by atoms with Crippen molar-refractivity contribution in [3.63, 3.8) is 0 Å². The molecule has 0 aliphatic heterocycles. The third-order valence-corrected chi connectivity index (χ3v) is 6.42. The van der Waals surface area contributed by atoms with E-state index in [2.05, 4.69) is 16.7 Å². The highest BCUT2D eigenvalue weighted by Crippen LogP contribution is 2.25. The van der Waals surface area contributed by atoms with Gasteiger partial charge in [-0.2, -0.15) is 9.50 Å². The van der Waals surface area contributed by atoms with Crippen molar-refractivity contribution < 1.29 is 17.9 Å². The van der Waals surface area contributed by atoms with Crippen LogP contribution in [0.15, 0.2) is 50.8 Å². The third-order valence-electron chi connectivity index (χ3n) is 3.84. The molecule has 0 fully saturated rings. The Bertz CT molecular complexity index is 1260. The summed E-state index contributed by atoms with van der Waals surface area (Å²) in [4.78, 5) is 28.6. The average Bonchev–Trinajstić information content (AvgIpc) is 3.05. The van der Waals surface area contributed by atoms with Crippen molar-refractivity contribution in [1.82, 2.24) is 14.6 Å². The van der Waals surface area contributed by atoms with E-state index in [1.165, 1.54) is 19.3 Å². The summed E-state index contributed by atoms with van der Waals surface area (Å²) >= 11 is 0.751. The Balaban J connectivity index is 2.20. The molecule has 2 heterocycles. The van der Waals surface area contributed by atoms with Crippen molar-refractivity contribution in [2.45, 2.75) is 10.8 Å². The number of rotatable bonds is 5. The topological polar surface area (TPSA) is 134 Å². The van der Waals surface area contributed by atoms with E-state index in [0.717, 1.165) is 22.1 Å². The lowest BCUT2D eigenvalue weighted by molar-refractivity contribution is -0.115. The summed E-state index contributed by atoms with van der Waals surface area (Å²) in [6.45, 7) is 3.62. The van der Waals surface area contributed by atoms with Crippen LogP contribution in [0.1, 0.15) is 12.0 Å². The first-order chi connectivity index (χ1) is 13.2. The second-order valence-corrected chi connectivity index (χ2v) is 9.04. The van der Waals surface area contributed by atoms with Crippen LogP contribution < -0.4 is 11.3 Å². The molecule has 2 N–H and O–H groups in total. The summed E-state index contributed by atoms with van der Waals surface area (Å²) in [6, 6.07) is 0. The molecule has 0 saturated carbocycles. The zero-order valence-electron chi connectivity index (χ0n) is 15.0. The van der Waals surface area contributed by atoms with Crippen LogP contribution in [0, 0.1) is 0 Å². The molecule has 11 heteroatoms. The average molecular weight is 420 g/mol. The van der Waals surface area contributed by atoms with E-state index in [1.807, 2.05) is 0 Å². The van der Waals surface area contributed by atoms with Gasteiger partial charge in [0.15, 0.2) is 5.76 Å². The lowest BCUT2D eigenvalue weighted by atomic mass is 9.95. The molecule has 0 spiro atoms. The molecule has 28 heavy (non-hydrogen) atoms. The standard InChI is InChI=1S/C17H16N4O5S2/c1-4-5-10-6-9(8-12(26-2)13(10)22)7-11-14(18)21-16(19-15(11)23)27-17(20-21)28(3,24)25/h4,6-8H,1,5,18H2,2-3H3. The number of carbonyl (C=O) groups is 1. The molecule has 0 amide bonds. The first-order valence-electron chi connectivity index (χ1n) is 7.88. The number of aromatic nitrogens is 3. The smallest absolute Gasteiger partial charge is 0.283 e. The first kappa shape index (κ1) is 19.7. The molecular formula is C17H16N4O5S2. The van der Waals surface area contributed by atoms with Crippen molar-refractivity contribution in [1.29, 1.82) is 0 Å². The van der Waals surface area contributed by atoms with Crippen LogP contribution in [-0.2, 0) is 19.4 Å². The second-order valence-electron chi connectivity index (χ2n) is 5.90. The number of nitrogens with zero attached hydrogens (tertiary/aromatic N) is 3. The van der Waals surface area contributed by atoms with Gasteiger partial charge in [-0.3, -0.25) is 9.59 Å². The van der Waals surface area contributed by atoms with Crippen LogP contribution in [-0.4, -0.2) is 42.2 Å². The SMILES string of the molecule is C=CCC1=CC(=Cc2c(N)n3nc(S(C)(=O)=O)sc3nc2=O)C=C(OC)C1=O. The Morgan fingerprint density at radius 3 is 2.68 bits per heavy atom. The van der Waals surface area contributed by atoms with Crippen molar-refractivity contribution in [3.05, 3.63) is 57.6 Å². The summed E-state index contributed by atoms with van der Waals surface area (Å²) in [5, 5.41) is 3.93. The van der Waals surface area contributed by atoms with E-state index in [1.54, 1.807) is 12.2 Å². The maximum Gasteiger partial charge on any atom is 0.283 e. The fourth-order valence-electron chi connectivity index (χ4n) is 2.54. The minimum atomic E-state index is -3.57. The quantitative estimate of drug-likeness (QED) is 0.712. The molecular weight excluding hydrogens is 404 g/mol. The Kier molecular flexibility index (Phi) is 5.04. The van der Waals surface area contributed by atoms with E-state index in [-0.39, 0.29) is 32.2 Å². The first-order valence-corrected chi connectivity index (χ1v) is 10.6. The maximum absolute atomic E-state index is 12.4. The van der Waals surface area contributed by atoms with Gasteiger partial charge in [0.2, 0.25) is 24.9 Å². The number of nitrogen functional groups attached to an aromatic ring is 1. The summed E-state index contributed by atoms with van der Waals surface area (Å²) in [5.41, 5.74) is 6.38. The molecule has 0 unspecified atom stereocenters. The molecule has 2 aromatic rings. The van der Waals surface area contributed by atoms with Crippen molar-refractivity contribution in [3.8, 4) is 0 Å². The highest BCUT2D eigenvalue weighted by atomic mass is 32.2. The zero-order valence-corrected chi connectivity index (χ0v) is 16.6. The predicted molar refractivity (Wildman–Crippen MR) is 106 cm³/mol. The van der Waals surface area contributed by atoms with Gasteiger partial charge in [-0.25, -0.2) is 8.42 Å². The largest absolute Gasteiger partial charge is 0.493 e.